The molecule has 4 nitrogen and oxygen atoms in total. The molecule has 0 aromatic rings. The van der Waals surface area contributed by atoms with Crippen molar-refractivity contribution in [3.8, 4) is 0 Å². The van der Waals surface area contributed by atoms with Crippen molar-refractivity contribution in [3.63, 3.8) is 0 Å². The molecular weight excluding hydrogens is 240 g/mol. The lowest BCUT2D eigenvalue weighted by atomic mass is 9.76. The molecule has 1 unspecified atom stereocenters. The number of hydrogen-bond donors (Lipinski definition) is 1. The van der Waals surface area contributed by atoms with Crippen LogP contribution in [0, 0.1) is 11.3 Å². The Balaban J connectivity index is 1.84. The summed E-state index contributed by atoms with van der Waals surface area (Å²) in [6, 6.07) is 0. The van der Waals surface area contributed by atoms with E-state index in [-0.39, 0.29) is 6.09 Å². The van der Waals surface area contributed by atoms with Crippen LogP contribution in [0.1, 0.15) is 52.9 Å². The van der Waals surface area contributed by atoms with Gasteiger partial charge in [-0.2, -0.15) is 0 Å². The molecule has 2 rings (SSSR count). The second-order valence-electron chi connectivity index (χ2n) is 7.31. The first kappa shape index (κ1) is 14.6. The van der Waals surface area contributed by atoms with E-state index in [1.165, 1.54) is 19.3 Å². The number of amides is 1. The van der Waals surface area contributed by atoms with Crippen molar-refractivity contribution in [1.29, 1.82) is 0 Å². The molecule has 1 spiro atoms. The number of nitrogens with two attached hydrogens (primary N) is 1. The normalized spacial score (nSPS) is 26.7. The zero-order valence-corrected chi connectivity index (χ0v) is 12.6. The fourth-order valence-corrected chi connectivity index (χ4v) is 3.47. The molecule has 1 aliphatic carbocycles. The number of carbonyl (C=O) groups is 1. The van der Waals surface area contributed by atoms with Crippen LogP contribution >= 0.6 is 0 Å². The van der Waals surface area contributed by atoms with Crippen LogP contribution in [0.25, 0.3) is 0 Å². The standard InChI is InChI=1S/C15H28N2O2/c1-14(2,3)19-13(18)17-8-6-15(7-9-17)5-4-12(10-15)11-16/h12H,4-11,16H2,1-3H3. The molecule has 0 aromatic carbocycles. The molecule has 0 aromatic heterocycles. The van der Waals surface area contributed by atoms with Gasteiger partial charge in [0.1, 0.15) is 5.60 Å². The molecule has 1 heterocycles. The van der Waals surface area contributed by atoms with Crippen LogP contribution in [0.15, 0.2) is 0 Å². The first-order valence-corrected chi connectivity index (χ1v) is 7.52. The van der Waals surface area contributed by atoms with Crippen molar-refractivity contribution < 1.29 is 9.53 Å². The molecule has 4 heteroatoms. The maximum absolute atomic E-state index is 12.0. The Morgan fingerprint density at radius 2 is 1.95 bits per heavy atom. The number of ether oxygens (including phenoxy) is 1. The first-order valence-electron chi connectivity index (χ1n) is 7.52. The summed E-state index contributed by atoms with van der Waals surface area (Å²) in [5, 5.41) is 0. The van der Waals surface area contributed by atoms with E-state index in [0.717, 1.165) is 32.5 Å². The van der Waals surface area contributed by atoms with Crippen molar-refractivity contribution in [1.82, 2.24) is 4.90 Å². The van der Waals surface area contributed by atoms with E-state index in [9.17, 15) is 4.79 Å². The van der Waals surface area contributed by atoms with Crippen LogP contribution in [0.3, 0.4) is 0 Å². The molecule has 0 radical (unpaired) electrons. The topological polar surface area (TPSA) is 55.6 Å². The Morgan fingerprint density at radius 1 is 1.32 bits per heavy atom. The predicted molar refractivity (Wildman–Crippen MR) is 75.9 cm³/mol. The van der Waals surface area contributed by atoms with Gasteiger partial charge < -0.3 is 15.4 Å². The molecule has 1 atom stereocenters. The van der Waals surface area contributed by atoms with E-state index in [4.69, 9.17) is 10.5 Å². The predicted octanol–water partition coefficient (Wildman–Crippen LogP) is 2.76. The maximum Gasteiger partial charge on any atom is 0.410 e. The summed E-state index contributed by atoms with van der Waals surface area (Å²) in [5.41, 5.74) is 5.85. The molecule has 2 fully saturated rings. The number of carbonyl (C=O) groups excluding carboxylic acids is 1. The van der Waals surface area contributed by atoms with Gasteiger partial charge in [-0.1, -0.05) is 0 Å². The van der Waals surface area contributed by atoms with E-state index in [0.29, 0.717) is 11.3 Å². The third-order valence-electron chi connectivity index (χ3n) is 4.61. The summed E-state index contributed by atoms with van der Waals surface area (Å²) >= 11 is 0. The molecule has 1 saturated heterocycles. The van der Waals surface area contributed by atoms with E-state index in [1.807, 2.05) is 25.7 Å². The van der Waals surface area contributed by atoms with Crippen molar-refractivity contribution in [3.05, 3.63) is 0 Å². The fraction of sp³-hybridized carbons (Fsp3) is 0.933. The lowest BCUT2D eigenvalue weighted by molar-refractivity contribution is 0.0103. The second kappa shape index (κ2) is 5.31. The van der Waals surface area contributed by atoms with Crippen LogP contribution in [-0.2, 0) is 4.74 Å². The van der Waals surface area contributed by atoms with E-state index in [2.05, 4.69) is 0 Å². The molecular formula is C15H28N2O2. The lowest BCUT2D eigenvalue weighted by Crippen LogP contribution is -2.44. The molecule has 1 aliphatic heterocycles. The number of nitrogens with zero attached hydrogens (tertiary/aromatic N) is 1. The van der Waals surface area contributed by atoms with Gasteiger partial charge in [0.2, 0.25) is 0 Å². The quantitative estimate of drug-likeness (QED) is 0.795. The van der Waals surface area contributed by atoms with Gasteiger partial charge >= 0.3 is 6.09 Å². The lowest BCUT2D eigenvalue weighted by Gasteiger charge is -2.40. The highest BCUT2D eigenvalue weighted by Crippen LogP contribution is 2.48. The Morgan fingerprint density at radius 3 is 2.42 bits per heavy atom. The third kappa shape index (κ3) is 3.62. The van der Waals surface area contributed by atoms with Gasteiger partial charge in [0.25, 0.3) is 0 Å². The van der Waals surface area contributed by atoms with Gasteiger partial charge in [-0.3, -0.25) is 0 Å². The molecule has 110 valence electrons. The molecule has 2 N–H and O–H groups in total. The van der Waals surface area contributed by atoms with E-state index in [1.54, 1.807) is 0 Å². The molecule has 0 bridgehead atoms. The van der Waals surface area contributed by atoms with Crippen LogP contribution in [0.4, 0.5) is 4.79 Å². The van der Waals surface area contributed by atoms with Crippen LogP contribution < -0.4 is 5.73 Å². The molecule has 2 aliphatic rings. The summed E-state index contributed by atoms with van der Waals surface area (Å²) in [7, 11) is 0. The van der Waals surface area contributed by atoms with Crippen LogP contribution in [0.2, 0.25) is 0 Å². The molecule has 1 saturated carbocycles. The SMILES string of the molecule is CC(C)(C)OC(=O)N1CCC2(CCC(CN)C2)CC1. The van der Waals surface area contributed by atoms with Gasteiger partial charge in [-0.25, -0.2) is 4.79 Å². The first-order chi connectivity index (χ1) is 8.84. The maximum atomic E-state index is 12.0. The molecule has 19 heavy (non-hydrogen) atoms. The van der Waals surface area contributed by atoms with Gasteiger partial charge in [0.05, 0.1) is 0 Å². The Kier molecular flexibility index (Phi) is 4.09. The van der Waals surface area contributed by atoms with Crippen molar-refractivity contribution >= 4 is 6.09 Å². The summed E-state index contributed by atoms with van der Waals surface area (Å²) in [6.07, 6.45) is 5.88. The Bertz CT molecular complexity index is 328. The fourth-order valence-electron chi connectivity index (χ4n) is 3.47. The third-order valence-corrected chi connectivity index (χ3v) is 4.61. The number of hydrogen-bond acceptors (Lipinski definition) is 3. The zero-order chi connectivity index (χ0) is 14.1. The van der Waals surface area contributed by atoms with Crippen molar-refractivity contribution in [2.75, 3.05) is 19.6 Å². The summed E-state index contributed by atoms with van der Waals surface area (Å²) in [6.45, 7) is 8.24. The van der Waals surface area contributed by atoms with Gasteiger partial charge in [0, 0.05) is 13.1 Å². The average Bonchev–Trinajstić information content (AvgIpc) is 2.71. The highest BCUT2D eigenvalue weighted by Gasteiger charge is 2.42. The average molecular weight is 268 g/mol. The highest BCUT2D eigenvalue weighted by atomic mass is 16.6. The van der Waals surface area contributed by atoms with Crippen molar-refractivity contribution in [2.45, 2.75) is 58.5 Å². The zero-order valence-electron chi connectivity index (χ0n) is 12.6. The second-order valence-corrected chi connectivity index (χ2v) is 7.31. The van der Waals surface area contributed by atoms with E-state index < -0.39 is 5.60 Å². The number of piperidine rings is 1. The minimum atomic E-state index is -0.399. The largest absolute Gasteiger partial charge is 0.444 e. The van der Waals surface area contributed by atoms with Crippen LogP contribution in [0.5, 0.6) is 0 Å². The van der Waals surface area contributed by atoms with E-state index >= 15 is 0 Å². The minimum absolute atomic E-state index is 0.157. The molecule has 1 amide bonds. The smallest absolute Gasteiger partial charge is 0.410 e. The van der Waals surface area contributed by atoms with Gasteiger partial charge in [-0.05, 0) is 70.8 Å². The number of likely N-dealkylation sites (tertiary alicyclic amines) is 1. The Hall–Kier alpha value is -0.770. The van der Waals surface area contributed by atoms with Gasteiger partial charge in [-0.15, -0.1) is 0 Å². The van der Waals surface area contributed by atoms with Crippen LogP contribution in [-0.4, -0.2) is 36.2 Å². The van der Waals surface area contributed by atoms with Gasteiger partial charge in [0.15, 0.2) is 0 Å². The monoisotopic (exact) mass is 268 g/mol. The Labute approximate surface area is 116 Å². The summed E-state index contributed by atoms with van der Waals surface area (Å²) in [5.74, 6) is 0.702. The van der Waals surface area contributed by atoms with Crippen molar-refractivity contribution in [2.24, 2.45) is 17.1 Å². The minimum Gasteiger partial charge on any atom is -0.444 e. The number of rotatable bonds is 1. The summed E-state index contributed by atoms with van der Waals surface area (Å²) < 4.78 is 5.44. The summed E-state index contributed by atoms with van der Waals surface area (Å²) in [4.78, 5) is 13.9. The highest BCUT2D eigenvalue weighted by molar-refractivity contribution is 5.68.